The van der Waals surface area contributed by atoms with Gasteiger partial charge in [-0.3, -0.25) is 0 Å². The molecule has 3 rings (SSSR count). The summed E-state index contributed by atoms with van der Waals surface area (Å²) in [6, 6.07) is 3.23. The Hall–Kier alpha value is -1.10. The monoisotopic (exact) mass is 325 g/mol. The number of imidazole rings is 1. The lowest BCUT2D eigenvalue weighted by atomic mass is 9.83. The van der Waals surface area contributed by atoms with Crippen LogP contribution in [0.4, 0.5) is 10.3 Å². The topological polar surface area (TPSA) is 43.8 Å². The van der Waals surface area contributed by atoms with Gasteiger partial charge in [0.2, 0.25) is 5.95 Å². The maximum atomic E-state index is 13.8. The molecule has 1 aliphatic rings. The molecule has 5 heteroatoms. The highest BCUT2D eigenvalue weighted by Gasteiger charge is 2.32. The fraction of sp³-hybridized carbons (Fsp3) is 0.500. The van der Waals surface area contributed by atoms with Gasteiger partial charge in [-0.2, -0.15) is 0 Å². The molecule has 0 aliphatic heterocycles. The standard InChI is InChI=1S/C14H17BrFN3/c1-14(5-3-2-4-6-14)19-12-8-10(16)9(15)7-11(12)18-13(19)17/h7-8H,2-6H2,1H3,(H2,17,18). The zero-order chi connectivity index (χ0) is 13.6. The normalized spacial score (nSPS) is 18.9. The molecule has 1 aromatic carbocycles. The van der Waals surface area contributed by atoms with Gasteiger partial charge < -0.3 is 10.3 Å². The fourth-order valence-electron chi connectivity index (χ4n) is 3.20. The van der Waals surface area contributed by atoms with E-state index in [4.69, 9.17) is 5.73 Å². The second kappa shape index (κ2) is 4.47. The van der Waals surface area contributed by atoms with Crippen molar-refractivity contribution in [3.05, 3.63) is 22.4 Å². The summed E-state index contributed by atoms with van der Waals surface area (Å²) >= 11 is 3.19. The van der Waals surface area contributed by atoms with Crippen molar-refractivity contribution in [3.8, 4) is 0 Å². The van der Waals surface area contributed by atoms with Crippen LogP contribution in [0.5, 0.6) is 0 Å². The predicted octanol–water partition coefficient (Wildman–Crippen LogP) is 4.20. The largest absolute Gasteiger partial charge is 0.369 e. The van der Waals surface area contributed by atoms with Crippen LogP contribution in [0.1, 0.15) is 39.0 Å². The number of anilines is 1. The van der Waals surface area contributed by atoms with E-state index in [1.807, 2.05) is 4.57 Å². The van der Waals surface area contributed by atoms with Crippen LogP contribution in [0.25, 0.3) is 11.0 Å². The van der Waals surface area contributed by atoms with E-state index in [0.29, 0.717) is 10.4 Å². The Labute approximate surface area is 120 Å². The predicted molar refractivity (Wildman–Crippen MR) is 78.5 cm³/mol. The zero-order valence-corrected chi connectivity index (χ0v) is 12.5. The first kappa shape index (κ1) is 12.9. The van der Waals surface area contributed by atoms with Gasteiger partial charge in [0.25, 0.3) is 0 Å². The summed E-state index contributed by atoms with van der Waals surface area (Å²) in [6.07, 6.45) is 5.78. The Kier molecular flexibility index (Phi) is 3.04. The summed E-state index contributed by atoms with van der Waals surface area (Å²) in [7, 11) is 0. The lowest BCUT2D eigenvalue weighted by molar-refractivity contribution is 0.228. The molecule has 2 N–H and O–H groups in total. The van der Waals surface area contributed by atoms with E-state index in [-0.39, 0.29) is 11.4 Å². The molecule has 0 radical (unpaired) electrons. The summed E-state index contributed by atoms with van der Waals surface area (Å²) in [5.41, 5.74) is 7.58. The molecular formula is C14H17BrFN3. The van der Waals surface area contributed by atoms with Crippen LogP contribution in [0.3, 0.4) is 0 Å². The summed E-state index contributed by atoms with van der Waals surface area (Å²) in [4.78, 5) is 4.38. The van der Waals surface area contributed by atoms with Crippen LogP contribution < -0.4 is 5.73 Å². The van der Waals surface area contributed by atoms with E-state index in [9.17, 15) is 4.39 Å². The van der Waals surface area contributed by atoms with Crippen molar-refractivity contribution < 1.29 is 4.39 Å². The number of hydrogen-bond donors (Lipinski definition) is 1. The van der Waals surface area contributed by atoms with Gasteiger partial charge in [0.05, 0.1) is 15.5 Å². The minimum Gasteiger partial charge on any atom is -0.369 e. The molecule has 1 fully saturated rings. The Morgan fingerprint density at radius 1 is 1.32 bits per heavy atom. The number of fused-ring (bicyclic) bond motifs is 1. The first-order chi connectivity index (χ1) is 9.01. The van der Waals surface area contributed by atoms with Crippen molar-refractivity contribution in [1.29, 1.82) is 0 Å². The van der Waals surface area contributed by atoms with Crippen LogP contribution in [0, 0.1) is 5.82 Å². The highest BCUT2D eigenvalue weighted by molar-refractivity contribution is 9.10. The van der Waals surface area contributed by atoms with E-state index in [0.717, 1.165) is 23.9 Å². The van der Waals surface area contributed by atoms with Crippen molar-refractivity contribution in [1.82, 2.24) is 9.55 Å². The molecule has 0 unspecified atom stereocenters. The minimum absolute atomic E-state index is 0.0443. The van der Waals surface area contributed by atoms with Crippen LogP contribution in [0.15, 0.2) is 16.6 Å². The number of aromatic nitrogens is 2. The van der Waals surface area contributed by atoms with Gasteiger partial charge in [0.1, 0.15) is 5.82 Å². The summed E-state index contributed by atoms with van der Waals surface area (Å²) in [5, 5.41) is 0. The third-order valence-electron chi connectivity index (χ3n) is 4.19. The molecule has 102 valence electrons. The number of nitrogen functional groups attached to an aromatic ring is 1. The molecule has 0 spiro atoms. The number of nitrogens with zero attached hydrogens (tertiary/aromatic N) is 2. The fourth-order valence-corrected chi connectivity index (χ4v) is 3.53. The Morgan fingerprint density at radius 2 is 2.00 bits per heavy atom. The Bertz CT molecular complexity index is 629. The highest BCUT2D eigenvalue weighted by Crippen LogP contribution is 2.39. The number of halogens is 2. The highest BCUT2D eigenvalue weighted by atomic mass is 79.9. The molecule has 0 amide bonds. The lowest BCUT2D eigenvalue weighted by Crippen LogP contribution is -2.33. The van der Waals surface area contributed by atoms with Crippen molar-refractivity contribution in [2.75, 3.05) is 5.73 Å². The molecule has 1 saturated carbocycles. The van der Waals surface area contributed by atoms with E-state index in [1.165, 1.54) is 25.3 Å². The van der Waals surface area contributed by atoms with Gasteiger partial charge in [0, 0.05) is 11.6 Å². The SMILES string of the molecule is CC1(n2c(N)nc3cc(Br)c(F)cc32)CCCCC1. The van der Waals surface area contributed by atoms with E-state index >= 15 is 0 Å². The average molecular weight is 326 g/mol. The molecule has 1 heterocycles. The Balaban J connectivity index is 2.22. The van der Waals surface area contributed by atoms with Crippen LogP contribution in [-0.4, -0.2) is 9.55 Å². The van der Waals surface area contributed by atoms with Gasteiger partial charge in [-0.1, -0.05) is 19.3 Å². The van der Waals surface area contributed by atoms with E-state index in [1.54, 1.807) is 6.07 Å². The zero-order valence-electron chi connectivity index (χ0n) is 10.9. The molecule has 2 aromatic rings. The first-order valence-electron chi connectivity index (χ1n) is 6.65. The van der Waals surface area contributed by atoms with Crippen molar-refractivity contribution in [2.24, 2.45) is 0 Å². The number of rotatable bonds is 1. The van der Waals surface area contributed by atoms with Crippen LogP contribution in [0.2, 0.25) is 0 Å². The molecule has 0 saturated heterocycles. The molecular weight excluding hydrogens is 309 g/mol. The summed E-state index contributed by atoms with van der Waals surface area (Å²) in [5.74, 6) is 0.213. The van der Waals surface area contributed by atoms with Gasteiger partial charge in [-0.25, -0.2) is 9.37 Å². The quantitative estimate of drug-likeness (QED) is 0.853. The van der Waals surface area contributed by atoms with Gasteiger partial charge in [-0.05, 0) is 41.8 Å². The lowest BCUT2D eigenvalue weighted by Gasteiger charge is -2.36. The van der Waals surface area contributed by atoms with Crippen molar-refractivity contribution in [3.63, 3.8) is 0 Å². The Morgan fingerprint density at radius 3 is 2.68 bits per heavy atom. The minimum atomic E-state index is -0.270. The van der Waals surface area contributed by atoms with Crippen molar-refractivity contribution in [2.45, 2.75) is 44.6 Å². The van der Waals surface area contributed by atoms with Gasteiger partial charge >= 0.3 is 0 Å². The smallest absolute Gasteiger partial charge is 0.201 e. The number of benzene rings is 1. The van der Waals surface area contributed by atoms with Gasteiger partial charge in [0.15, 0.2) is 0 Å². The van der Waals surface area contributed by atoms with Crippen LogP contribution >= 0.6 is 15.9 Å². The molecule has 0 atom stereocenters. The third-order valence-corrected chi connectivity index (χ3v) is 4.80. The van der Waals surface area contributed by atoms with Crippen molar-refractivity contribution >= 4 is 32.9 Å². The summed E-state index contributed by atoms with van der Waals surface area (Å²) in [6.45, 7) is 2.20. The number of nitrogens with two attached hydrogens (primary N) is 1. The molecule has 3 nitrogen and oxygen atoms in total. The third kappa shape index (κ3) is 2.04. The molecule has 0 bridgehead atoms. The van der Waals surface area contributed by atoms with Crippen LogP contribution in [-0.2, 0) is 5.54 Å². The number of hydrogen-bond acceptors (Lipinski definition) is 2. The van der Waals surface area contributed by atoms with E-state index in [2.05, 4.69) is 27.8 Å². The molecule has 19 heavy (non-hydrogen) atoms. The van der Waals surface area contributed by atoms with Gasteiger partial charge in [-0.15, -0.1) is 0 Å². The first-order valence-corrected chi connectivity index (χ1v) is 7.44. The molecule has 1 aromatic heterocycles. The average Bonchev–Trinajstić information content (AvgIpc) is 2.67. The second-order valence-corrected chi connectivity index (χ2v) is 6.47. The summed E-state index contributed by atoms with van der Waals surface area (Å²) < 4.78 is 16.3. The second-order valence-electron chi connectivity index (χ2n) is 5.62. The maximum absolute atomic E-state index is 13.8. The maximum Gasteiger partial charge on any atom is 0.201 e. The molecule has 1 aliphatic carbocycles. The van der Waals surface area contributed by atoms with E-state index < -0.39 is 0 Å².